The molecule has 0 saturated heterocycles. The van der Waals surface area contributed by atoms with E-state index < -0.39 is 7.60 Å². The van der Waals surface area contributed by atoms with Crippen molar-refractivity contribution in [3.63, 3.8) is 0 Å². The van der Waals surface area contributed by atoms with E-state index in [0.717, 1.165) is 31.2 Å². The Bertz CT molecular complexity index is 520. The first-order chi connectivity index (χ1) is 13.7. The Balaban J connectivity index is 2.42. The monoisotopic (exact) mass is 408 g/mol. The van der Waals surface area contributed by atoms with E-state index in [2.05, 4.69) is 13.8 Å². The molecule has 4 heteroatoms. The molecule has 0 fully saturated rings. The summed E-state index contributed by atoms with van der Waals surface area (Å²) >= 11 is 0. The van der Waals surface area contributed by atoms with Gasteiger partial charge in [0.2, 0.25) is 0 Å². The standard InChI is InChI=1S/C24H41O3P/c1-3-5-7-9-11-16-21-26-28(25,23-20-24-18-14-13-15-19-24)27-22-17-12-10-8-6-4-2/h13-15,18-20,23H,3-12,16-17,21-22H2,1-2H3/b23-20+. The Hall–Kier alpha value is -0.890. The van der Waals surface area contributed by atoms with E-state index in [0.29, 0.717) is 13.2 Å². The summed E-state index contributed by atoms with van der Waals surface area (Å²) in [6, 6.07) is 9.89. The van der Waals surface area contributed by atoms with Gasteiger partial charge in [0.25, 0.3) is 0 Å². The van der Waals surface area contributed by atoms with Gasteiger partial charge in [0.1, 0.15) is 0 Å². The molecule has 0 saturated carbocycles. The van der Waals surface area contributed by atoms with Crippen LogP contribution in [0.2, 0.25) is 0 Å². The van der Waals surface area contributed by atoms with Crippen LogP contribution in [0.5, 0.6) is 0 Å². The van der Waals surface area contributed by atoms with Gasteiger partial charge in [-0.1, -0.05) is 108 Å². The fraction of sp³-hybridized carbons (Fsp3) is 0.667. The van der Waals surface area contributed by atoms with Crippen molar-refractivity contribution in [2.75, 3.05) is 13.2 Å². The summed E-state index contributed by atoms with van der Waals surface area (Å²) in [7, 11) is -3.19. The molecule has 0 aliphatic carbocycles. The third kappa shape index (κ3) is 13.3. The van der Waals surface area contributed by atoms with Gasteiger partial charge in [0, 0.05) is 5.82 Å². The highest BCUT2D eigenvalue weighted by molar-refractivity contribution is 7.57. The first kappa shape index (κ1) is 25.1. The van der Waals surface area contributed by atoms with E-state index in [9.17, 15) is 4.57 Å². The van der Waals surface area contributed by atoms with Crippen molar-refractivity contribution >= 4 is 13.7 Å². The average Bonchev–Trinajstić information content (AvgIpc) is 2.72. The molecule has 0 atom stereocenters. The van der Waals surface area contributed by atoms with Crippen molar-refractivity contribution in [2.24, 2.45) is 0 Å². The lowest BCUT2D eigenvalue weighted by molar-refractivity contribution is 0.205. The minimum absolute atomic E-state index is 0.499. The molecule has 28 heavy (non-hydrogen) atoms. The van der Waals surface area contributed by atoms with E-state index in [4.69, 9.17) is 9.05 Å². The first-order valence-electron chi connectivity index (χ1n) is 11.3. The molecule has 0 N–H and O–H groups in total. The average molecular weight is 409 g/mol. The van der Waals surface area contributed by atoms with Gasteiger partial charge < -0.3 is 9.05 Å². The zero-order valence-corrected chi connectivity index (χ0v) is 19.0. The Morgan fingerprint density at radius 3 is 1.68 bits per heavy atom. The van der Waals surface area contributed by atoms with Gasteiger partial charge in [0.15, 0.2) is 0 Å². The largest absolute Gasteiger partial charge is 0.354 e. The Kier molecular flexibility index (Phi) is 15.3. The predicted molar refractivity (Wildman–Crippen MR) is 122 cm³/mol. The predicted octanol–water partition coefficient (Wildman–Crippen LogP) is 8.60. The van der Waals surface area contributed by atoms with Crippen LogP contribution in [-0.4, -0.2) is 13.2 Å². The van der Waals surface area contributed by atoms with Gasteiger partial charge in [0.05, 0.1) is 13.2 Å². The van der Waals surface area contributed by atoms with Crippen LogP contribution in [0.3, 0.4) is 0 Å². The third-order valence-electron chi connectivity index (χ3n) is 4.79. The third-order valence-corrected chi connectivity index (χ3v) is 6.39. The molecule has 0 aliphatic heterocycles. The van der Waals surface area contributed by atoms with Gasteiger partial charge in [-0.15, -0.1) is 0 Å². The lowest BCUT2D eigenvalue weighted by atomic mass is 10.1. The van der Waals surface area contributed by atoms with E-state index in [-0.39, 0.29) is 0 Å². The van der Waals surface area contributed by atoms with E-state index >= 15 is 0 Å². The van der Waals surface area contributed by atoms with Crippen molar-refractivity contribution in [1.82, 2.24) is 0 Å². The van der Waals surface area contributed by atoms with E-state index in [1.54, 1.807) is 5.82 Å². The molecule has 3 nitrogen and oxygen atoms in total. The maximum atomic E-state index is 13.1. The van der Waals surface area contributed by atoms with Gasteiger partial charge in [-0.2, -0.15) is 0 Å². The Labute approximate surface area is 173 Å². The van der Waals surface area contributed by atoms with Crippen LogP contribution in [-0.2, 0) is 13.6 Å². The Morgan fingerprint density at radius 2 is 1.18 bits per heavy atom. The molecule has 160 valence electrons. The summed E-state index contributed by atoms with van der Waals surface area (Å²) in [4.78, 5) is 0. The second-order valence-corrected chi connectivity index (χ2v) is 9.36. The molecule has 1 aromatic rings. The van der Waals surface area contributed by atoms with Crippen LogP contribution < -0.4 is 0 Å². The summed E-state index contributed by atoms with van der Waals surface area (Å²) in [5.41, 5.74) is 1.01. The van der Waals surface area contributed by atoms with Crippen molar-refractivity contribution in [1.29, 1.82) is 0 Å². The Morgan fingerprint density at radius 1 is 0.714 bits per heavy atom. The molecular weight excluding hydrogens is 367 g/mol. The van der Waals surface area contributed by atoms with Crippen LogP contribution >= 0.6 is 7.60 Å². The van der Waals surface area contributed by atoms with Gasteiger partial charge >= 0.3 is 7.60 Å². The second kappa shape index (κ2) is 17.0. The highest BCUT2D eigenvalue weighted by atomic mass is 31.2. The molecule has 1 aromatic carbocycles. The minimum atomic E-state index is -3.19. The summed E-state index contributed by atoms with van der Waals surface area (Å²) in [6.45, 7) is 5.44. The van der Waals surface area contributed by atoms with Crippen LogP contribution in [0, 0.1) is 0 Å². The smallest absolute Gasteiger partial charge is 0.306 e. The van der Waals surface area contributed by atoms with Crippen molar-refractivity contribution in [3.05, 3.63) is 41.7 Å². The SMILES string of the molecule is CCCCCCCCOP(=O)(/C=C/c1ccccc1)OCCCCCCCC. The summed E-state index contributed by atoms with van der Waals surface area (Å²) in [5.74, 6) is 1.64. The van der Waals surface area contributed by atoms with Crippen LogP contribution in [0.25, 0.3) is 6.08 Å². The molecule has 0 amide bonds. The van der Waals surface area contributed by atoms with Gasteiger partial charge in [-0.25, -0.2) is 0 Å². The zero-order valence-electron chi connectivity index (χ0n) is 18.1. The summed E-state index contributed by atoms with van der Waals surface area (Å²) < 4.78 is 24.6. The van der Waals surface area contributed by atoms with E-state index in [1.807, 2.05) is 36.4 Å². The van der Waals surface area contributed by atoms with E-state index in [1.165, 1.54) is 51.4 Å². The fourth-order valence-corrected chi connectivity index (χ4v) is 4.38. The lowest BCUT2D eigenvalue weighted by Gasteiger charge is -2.15. The molecule has 0 spiro atoms. The normalized spacial score (nSPS) is 12.1. The molecule has 0 aliphatic rings. The van der Waals surface area contributed by atoms with Crippen LogP contribution in [0.15, 0.2) is 36.1 Å². The number of hydrogen-bond acceptors (Lipinski definition) is 3. The molecule has 1 rings (SSSR count). The van der Waals surface area contributed by atoms with Crippen molar-refractivity contribution in [2.45, 2.75) is 90.9 Å². The quantitative estimate of drug-likeness (QED) is 0.180. The maximum absolute atomic E-state index is 13.1. The number of rotatable bonds is 18. The molecule has 0 aromatic heterocycles. The zero-order chi connectivity index (χ0) is 20.3. The van der Waals surface area contributed by atoms with Crippen LogP contribution in [0.4, 0.5) is 0 Å². The first-order valence-corrected chi connectivity index (χ1v) is 12.9. The highest BCUT2D eigenvalue weighted by Gasteiger charge is 2.20. The fourth-order valence-electron chi connectivity index (χ4n) is 3.01. The van der Waals surface area contributed by atoms with Gasteiger partial charge in [-0.05, 0) is 24.5 Å². The minimum Gasteiger partial charge on any atom is -0.306 e. The highest BCUT2D eigenvalue weighted by Crippen LogP contribution is 2.50. The number of unbranched alkanes of at least 4 members (excludes halogenated alkanes) is 10. The molecule has 0 bridgehead atoms. The number of benzene rings is 1. The van der Waals surface area contributed by atoms with Crippen molar-refractivity contribution in [3.8, 4) is 0 Å². The van der Waals surface area contributed by atoms with Gasteiger partial charge in [-0.3, -0.25) is 4.57 Å². The lowest BCUT2D eigenvalue weighted by Crippen LogP contribution is -1.98. The molecule has 0 unspecified atom stereocenters. The topological polar surface area (TPSA) is 35.5 Å². The molecular formula is C24H41O3P. The second-order valence-electron chi connectivity index (χ2n) is 7.47. The van der Waals surface area contributed by atoms with Crippen molar-refractivity contribution < 1.29 is 13.6 Å². The summed E-state index contributed by atoms with van der Waals surface area (Å²) in [6.07, 6.45) is 16.1. The van der Waals surface area contributed by atoms with Crippen LogP contribution in [0.1, 0.15) is 96.5 Å². The summed E-state index contributed by atoms with van der Waals surface area (Å²) in [5, 5.41) is 0. The number of hydrogen-bond donors (Lipinski definition) is 0. The maximum Gasteiger partial charge on any atom is 0.354 e. The molecule has 0 radical (unpaired) electrons. The molecule has 0 heterocycles.